The molecule has 3 nitrogen and oxygen atoms in total. The van der Waals surface area contributed by atoms with Gasteiger partial charge in [-0.1, -0.05) is 23.7 Å². The van der Waals surface area contributed by atoms with Crippen LogP contribution in [-0.4, -0.2) is 19.3 Å². The Hall–Kier alpha value is -1.50. The van der Waals surface area contributed by atoms with Gasteiger partial charge in [0.25, 0.3) is 0 Å². The van der Waals surface area contributed by atoms with E-state index in [2.05, 4.69) is 0 Å². The van der Waals surface area contributed by atoms with Gasteiger partial charge in [-0.2, -0.15) is 4.31 Å². The fourth-order valence-electron chi connectivity index (χ4n) is 2.85. The Labute approximate surface area is 138 Å². The summed E-state index contributed by atoms with van der Waals surface area (Å²) in [5.41, 5.74) is 0.610. The first-order chi connectivity index (χ1) is 10.9. The van der Waals surface area contributed by atoms with Gasteiger partial charge in [-0.3, -0.25) is 0 Å². The molecular weight excluding hydrogens is 344 g/mol. The molecule has 0 bridgehead atoms. The van der Waals surface area contributed by atoms with E-state index in [4.69, 9.17) is 11.6 Å². The first-order valence-electron chi connectivity index (χ1n) is 7.12. The number of rotatable bonds is 3. The van der Waals surface area contributed by atoms with E-state index in [0.29, 0.717) is 24.9 Å². The number of halogens is 3. The van der Waals surface area contributed by atoms with Crippen molar-refractivity contribution >= 4 is 21.6 Å². The Balaban J connectivity index is 1.99. The molecule has 0 radical (unpaired) electrons. The highest BCUT2D eigenvalue weighted by atomic mass is 35.5. The molecule has 0 amide bonds. The van der Waals surface area contributed by atoms with E-state index in [1.54, 1.807) is 12.1 Å². The molecule has 1 atom stereocenters. The van der Waals surface area contributed by atoms with Crippen molar-refractivity contribution in [2.45, 2.75) is 23.8 Å². The lowest BCUT2D eigenvalue weighted by molar-refractivity contribution is 0.395. The highest BCUT2D eigenvalue weighted by Gasteiger charge is 2.36. The first kappa shape index (κ1) is 16.4. The summed E-state index contributed by atoms with van der Waals surface area (Å²) in [7, 11) is -3.83. The van der Waals surface area contributed by atoms with E-state index in [-0.39, 0.29) is 9.92 Å². The summed E-state index contributed by atoms with van der Waals surface area (Å²) in [6.45, 7) is 0.332. The van der Waals surface area contributed by atoms with Crippen molar-refractivity contribution in [2.75, 3.05) is 6.54 Å². The Morgan fingerprint density at radius 2 is 1.91 bits per heavy atom. The van der Waals surface area contributed by atoms with E-state index in [1.165, 1.54) is 22.5 Å². The van der Waals surface area contributed by atoms with Crippen molar-refractivity contribution in [3.63, 3.8) is 0 Å². The molecule has 1 unspecified atom stereocenters. The van der Waals surface area contributed by atoms with Crippen molar-refractivity contribution < 1.29 is 17.2 Å². The van der Waals surface area contributed by atoms with E-state index < -0.39 is 27.7 Å². The molecule has 0 aromatic heterocycles. The molecule has 1 fully saturated rings. The van der Waals surface area contributed by atoms with Crippen LogP contribution in [0.3, 0.4) is 0 Å². The van der Waals surface area contributed by atoms with Gasteiger partial charge in [-0.05, 0) is 48.7 Å². The SMILES string of the molecule is O=S(=O)(c1ccc(F)c(Cl)c1)N1CCCC1c1cccc(F)c1. The molecule has 1 heterocycles. The Morgan fingerprint density at radius 1 is 1.13 bits per heavy atom. The first-order valence-corrected chi connectivity index (χ1v) is 8.94. The molecule has 1 aliphatic heterocycles. The third kappa shape index (κ3) is 3.11. The predicted octanol–water partition coefficient (Wildman–Crippen LogP) is 4.14. The van der Waals surface area contributed by atoms with Crippen LogP contribution >= 0.6 is 11.6 Å². The summed E-state index contributed by atoms with van der Waals surface area (Å²) < 4.78 is 53.7. The fraction of sp³-hybridized carbons (Fsp3) is 0.250. The van der Waals surface area contributed by atoms with Crippen LogP contribution in [-0.2, 0) is 10.0 Å². The molecule has 0 saturated carbocycles. The van der Waals surface area contributed by atoms with Gasteiger partial charge in [0.15, 0.2) is 0 Å². The van der Waals surface area contributed by atoms with E-state index in [0.717, 1.165) is 12.1 Å². The molecule has 3 rings (SSSR count). The lowest BCUT2D eigenvalue weighted by atomic mass is 10.1. The molecule has 7 heteroatoms. The van der Waals surface area contributed by atoms with Gasteiger partial charge >= 0.3 is 0 Å². The lowest BCUT2D eigenvalue weighted by Crippen LogP contribution is -2.30. The average molecular weight is 358 g/mol. The Kier molecular flexibility index (Phi) is 4.40. The second-order valence-corrected chi connectivity index (χ2v) is 7.70. The predicted molar refractivity (Wildman–Crippen MR) is 83.7 cm³/mol. The van der Waals surface area contributed by atoms with Gasteiger partial charge in [0.2, 0.25) is 10.0 Å². The molecule has 1 aliphatic rings. The molecule has 0 aliphatic carbocycles. The quantitative estimate of drug-likeness (QED) is 0.827. The van der Waals surface area contributed by atoms with Gasteiger partial charge in [0, 0.05) is 6.54 Å². The number of hydrogen-bond acceptors (Lipinski definition) is 2. The molecular formula is C16H14ClF2NO2S. The van der Waals surface area contributed by atoms with Crippen LogP contribution in [0.5, 0.6) is 0 Å². The van der Waals surface area contributed by atoms with Crippen molar-refractivity contribution in [3.8, 4) is 0 Å². The zero-order chi connectivity index (χ0) is 16.6. The maximum absolute atomic E-state index is 13.4. The third-order valence-corrected chi connectivity index (χ3v) is 6.13. The van der Waals surface area contributed by atoms with E-state index >= 15 is 0 Å². The van der Waals surface area contributed by atoms with Crippen molar-refractivity contribution in [2.24, 2.45) is 0 Å². The monoisotopic (exact) mass is 357 g/mol. The largest absolute Gasteiger partial charge is 0.243 e. The molecule has 0 spiro atoms. The lowest BCUT2D eigenvalue weighted by Gasteiger charge is -2.24. The summed E-state index contributed by atoms with van der Waals surface area (Å²) in [5.74, 6) is -1.08. The molecule has 122 valence electrons. The standard InChI is InChI=1S/C16H14ClF2NO2S/c17-14-10-13(6-7-15(14)19)23(21,22)20-8-2-5-16(20)11-3-1-4-12(18)9-11/h1,3-4,6-7,9-10,16H,2,5,8H2. The second kappa shape index (κ2) is 6.19. The van der Waals surface area contributed by atoms with Crippen LogP contribution in [0.4, 0.5) is 8.78 Å². The Morgan fingerprint density at radius 3 is 2.61 bits per heavy atom. The van der Waals surface area contributed by atoms with Crippen LogP contribution in [0.25, 0.3) is 0 Å². The second-order valence-electron chi connectivity index (χ2n) is 5.40. The zero-order valence-corrected chi connectivity index (χ0v) is 13.6. The van der Waals surface area contributed by atoms with E-state index in [9.17, 15) is 17.2 Å². The molecule has 23 heavy (non-hydrogen) atoms. The molecule has 2 aromatic rings. The fourth-order valence-corrected chi connectivity index (χ4v) is 4.80. The summed E-state index contributed by atoms with van der Waals surface area (Å²) >= 11 is 5.69. The normalized spacial score (nSPS) is 19.2. The van der Waals surface area contributed by atoms with Gasteiger partial charge < -0.3 is 0 Å². The van der Waals surface area contributed by atoms with Crippen LogP contribution in [0, 0.1) is 11.6 Å². The summed E-state index contributed by atoms with van der Waals surface area (Å²) in [6, 6.07) is 8.82. The van der Waals surface area contributed by atoms with Crippen molar-refractivity contribution in [1.29, 1.82) is 0 Å². The maximum atomic E-state index is 13.4. The topological polar surface area (TPSA) is 37.4 Å². The molecule has 2 aromatic carbocycles. The Bertz CT molecular complexity index is 842. The smallest absolute Gasteiger partial charge is 0.207 e. The minimum absolute atomic E-state index is 0.0628. The molecule has 0 N–H and O–H groups in total. The summed E-state index contributed by atoms with van der Waals surface area (Å²) in [4.78, 5) is -0.0628. The number of hydrogen-bond donors (Lipinski definition) is 0. The third-order valence-electron chi connectivity index (χ3n) is 3.93. The van der Waals surface area contributed by atoms with Gasteiger partial charge in [-0.25, -0.2) is 17.2 Å². The van der Waals surface area contributed by atoms with Crippen LogP contribution in [0.2, 0.25) is 5.02 Å². The van der Waals surface area contributed by atoms with Gasteiger partial charge in [0.05, 0.1) is 16.0 Å². The highest BCUT2D eigenvalue weighted by molar-refractivity contribution is 7.89. The number of benzene rings is 2. The number of nitrogens with zero attached hydrogens (tertiary/aromatic N) is 1. The van der Waals surface area contributed by atoms with Crippen molar-refractivity contribution in [3.05, 3.63) is 64.7 Å². The van der Waals surface area contributed by atoms with Crippen LogP contribution < -0.4 is 0 Å². The highest BCUT2D eigenvalue weighted by Crippen LogP contribution is 2.37. The average Bonchev–Trinajstić information content (AvgIpc) is 3.00. The maximum Gasteiger partial charge on any atom is 0.243 e. The molecule has 1 saturated heterocycles. The zero-order valence-electron chi connectivity index (χ0n) is 12.0. The summed E-state index contributed by atoms with van der Waals surface area (Å²) in [5, 5.41) is -0.243. The van der Waals surface area contributed by atoms with Crippen molar-refractivity contribution in [1.82, 2.24) is 4.31 Å². The summed E-state index contributed by atoms with van der Waals surface area (Å²) in [6.07, 6.45) is 1.28. The van der Waals surface area contributed by atoms with Gasteiger partial charge in [-0.15, -0.1) is 0 Å². The minimum Gasteiger partial charge on any atom is -0.207 e. The minimum atomic E-state index is -3.83. The van der Waals surface area contributed by atoms with E-state index in [1.807, 2.05) is 0 Å². The number of sulfonamides is 1. The van der Waals surface area contributed by atoms with Crippen LogP contribution in [0.15, 0.2) is 47.4 Å². The van der Waals surface area contributed by atoms with Crippen LogP contribution in [0.1, 0.15) is 24.4 Å². The van der Waals surface area contributed by atoms with Gasteiger partial charge in [0.1, 0.15) is 11.6 Å².